The maximum absolute atomic E-state index is 13.5. The molecule has 0 aliphatic heterocycles. The highest BCUT2D eigenvalue weighted by atomic mass is 32.1. The predicted molar refractivity (Wildman–Crippen MR) is 132 cm³/mol. The third kappa shape index (κ3) is 4.47. The Morgan fingerprint density at radius 2 is 1.83 bits per heavy atom. The van der Waals surface area contributed by atoms with Crippen LogP contribution in [0, 0.1) is 0 Å². The summed E-state index contributed by atoms with van der Waals surface area (Å²) in [7, 11) is 1.57. The molecule has 10 heteroatoms. The molecule has 0 radical (unpaired) electrons. The zero-order chi connectivity index (χ0) is 24.4. The number of hydrogen-bond donors (Lipinski definition) is 0. The van der Waals surface area contributed by atoms with E-state index < -0.39 is 5.69 Å². The monoisotopic (exact) mass is 490 g/mol. The van der Waals surface area contributed by atoms with Crippen LogP contribution in [0.25, 0.3) is 21.6 Å². The first-order chi connectivity index (χ1) is 17.1. The highest BCUT2D eigenvalue weighted by Crippen LogP contribution is 2.22. The third-order valence-corrected chi connectivity index (χ3v) is 6.37. The summed E-state index contributed by atoms with van der Waals surface area (Å²) in [6.07, 6.45) is 0. The minimum atomic E-state index is -0.457. The summed E-state index contributed by atoms with van der Waals surface area (Å²) in [5.74, 6) is 2.00. The van der Waals surface area contributed by atoms with Crippen LogP contribution in [0.15, 0.2) is 74.1 Å². The normalized spacial score (nSPS) is 11.1. The van der Waals surface area contributed by atoms with Crippen molar-refractivity contribution < 1.29 is 14.0 Å². The second-order valence-corrected chi connectivity index (χ2v) is 8.64. The van der Waals surface area contributed by atoms with Gasteiger partial charge in [-0.3, -0.25) is 13.9 Å². The number of nitrogens with zero attached hydrogens (tertiary/aromatic N) is 4. The maximum Gasteiger partial charge on any atom is 0.332 e. The lowest BCUT2D eigenvalue weighted by atomic mass is 10.2. The standard InChI is InChI=1S/C25H22N4O5S/c1-3-33-19-9-5-7-17(13-19)23-26-21(34-27-23)15-28-20-10-11-35-22(20)24(30)29(25(28)31)14-16-6-4-8-18(12-16)32-2/h4-13H,3,14-15H2,1-2H3. The molecule has 3 heterocycles. The largest absolute Gasteiger partial charge is 0.497 e. The van der Waals surface area contributed by atoms with Crippen LogP contribution in [-0.4, -0.2) is 33.0 Å². The Kier molecular flexibility index (Phi) is 6.19. The summed E-state index contributed by atoms with van der Waals surface area (Å²) in [6, 6.07) is 16.4. The average molecular weight is 491 g/mol. The van der Waals surface area contributed by atoms with Gasteiger partial charge in [0.2, 0.25) is 11.7 Å². The Bertz CT molecular complexity index is 1610. The van der Waals surface area contributed by atoms with Crippen molar-refractivity contribution in [2.24, 2.45) is 0 Å². The lowest BCUT2D eigenvalue weighted by Crippen LogP contribution is -2.40. The fourth-order valence-electron chi connectivity index (χ4n) is 3.84. The second kappa shape index (κ2) is 9.59. The van der Waals surface area contributed by atoms with E-state index in [1.165, 1.54) is 20.5 Å². The highest BCUT2D eigenvalue weighted by Gasteiger charge is 2.18. The molecule has 0 aliphatic carbocycles. The number of aromatic nitrogens is 4. The van der Waals surface area contributed by atoms with Gasteiger partial charge in [0.25, 0.3) is 5.56 Å². The Morgan fingerprint density at radius 3 is 2.66 bits per heavy atom. The molecule has 5 aromatic rings. The summed E-state index contributed by atoms with van der Waals surface area (Å²) in [4.78, 5) is 31.0. The smallest absolute Gasteiger partial charge is 0.332 e. The summed E-state index contributed by atoms with van der Waals surface area (Å²) in [5, 5.41) is 5.86. The zero-order valence-corrected chi connectivity index (χ0v) is 19.9. The van der Waals surface area contributed by atoms with Gasteiger partial charge in [0.05, 0.1) is 25.8 Å². The first-order valence-corrected chi connectivity index (χ1v) is 11.8. The summed E-state index contributed by atoms with van der Waals surface area (Å²) in [6.45, 7) is 2.60. The third-order valence-electron chi connectivity index (χ3n) is 5.48. The van der Waals surface area contributed by atoms with Gasteiger partial charge < -0.3 is 14.0 Å². The first kappa shape index (κ1) is 22.6. The quantitative estimate of drug-likeness (QED) is 0.326. The van der Waals surface area contributed by atoms with Crippen molar-refractivity contribution in [2.45, 2.75) is 20.0 Å². The molecule has 35 heavy (non-hydrogen) atoms. The number of thiophene rings is 1. The minimum absolute atomic E-state index is 0.0304. The molecule has 3 aromatic heterocycles. The number of benzene rings is 2. The number of ether oxygens (including phenoxy) is 2. The molecule has 0 bridgehead atoms. The van der Waals surface area contributed by atoms with E-state index in [1.54, 1.807) is 24.6 Å². The molecular formula is C25H22N4O5S. The Hall–Kier alpha value is -4.18. The van der Waals surface area contributed by atoms with Crippen molar-refractivity contribution in [3.05, 3.63) is 92.3 Å². The number of methoxy groups -OCH3 is 1. The molecule has 178 valence electrons. The van der Waals surface area contributed by atoms with Crippen molar-refractivity contribution in [3.8, 4) is 22.9 Å². The molecule has 0 amide bonds. The van der Waals surface area contributed by atoms with Crippen molar-refractivity contribution >= 4 is 21.6 Å². The lowest BCUT2D eigenvalue weighted by molar-refractivity contribution is 0.340. The van der Waals surface area contributed by atoms with E-state index in [2.05, 4.69) is 10.1 Å². The van der Waals surface area contributed by atoms with Crippen molar-refractivity contribution in [1.29, 1.82) is 0 Å². The summed E-state index contributed by atoms with van der Waals surface area (Å²) >= 11 is 1.29. The fraction of sp³-hybridized carbons (Fsp3) is 0.200. The Balaban J connectivity index is 1.52. The highest BCUT2D eigenvalue weighted by molar-refractivity contribution is 7.17. The molecule has 0 aliphatic rings. The molecule has 0 N–H and O–H groups in total. The molecule has 5 rings (SSSR count). The van der Waals surface area contributed by atoms with Gasteiger partial charge in [0, 0.05) is 5.56 Å². The number of hydrogen-bond acceptors (Lipinski definition) is 8. The summed E-state index contributed by atoms with van der Waals surface area (Å²) < 4.78 is 19.5. The zero-order valence-electron chi connectivity index (χ0n) is 19.1. The number of fused-ring (bicyclic) bond motifs is 1. The first-order valence-electron chi connectivity index (χ1n) is 11.0. The Labute approximate surface area is 203 Å². The number of rotatable bonds is 8. The minimum Gasteiger partial charge on any atom is -0.497 e. The van der Waals surface area contributed by atoms with Crippen LogP contribution in [0.5, 0.6) is 11.5 Å². The fourth-order valence-corrected chi connectivity index (χ4v) is 4.69. The molecule has 0 saturated carbocycles. The van der Waals surface area contributed by atoms with E-state index in [9.17, 15) is 9.59 Å². The SMILES string of the molecule is CCOc1cccc(-c2noc(Cn3c(=O)n(Cc4cccc(OC)c4)c(=O)c4sccc43)n2)c1. The van der Waals surface area contributed by atoms with E-state index in [0.29, 0.717) is 34.1 Å². The van der Waals surface area contributed by atoms with Gasteiger partial charge in [-0.2, -0.15) is 4.98 Å². The van der Waals surface area contributed by atoms with E-state index in [4.69, 9.17) is 14.0 Å². The molecule has 9 nitrogen and oxygen atoms in total. The molecule has 0 saturated heterocycles. The predicted octanol–water partition coefficient (Wildman–Crippen LogP) is 3.78. The van der Waals surface area contributed by atoms with E-state index in [-0.39, 0.29) is 24.5 Å². The van der Waals surface area contributed by atoms with E-state index in [1.807, 2.05) is 49.4 Å². The van der Waals surface area contributed by atoms with Gasteiger partial charge in [-0.1, -0.05) is 29.4 Å². The second-order valence-electron chi connectivity index (χ2n) is 7.72. The van der Waals surface area contributed by atoms with Crippen LogP contribution in [-0.2, 0) is 13.1 Å². The van der Waals surface area contributed by atoms with Crippen LogP contribution < -0.4 is 20.7 Å². The van der Waals surface area contributed by atoms with Crippen molar-refractivity contribution in [2.75, 3.05) is 13.7 Å². The maximum atomic E-state index is 13.5. The van der Waals surface area contributed by atoms with E-state index >= 15 is 0 Å². The van der Waals surface area contributed by atoms with Gasteiger partial charge >= 0.3 is 5.69 Å². The van der Waals surface area contributed by atoms with Gasteiger partial charge in [0.1, 0.15) is 22.7 Å². The van der Waals surface area contributed by atoms with Crippen LogP contribution in [0.3, 0.4) is 0 Å². The molecule has 0 fully saturated rings. The van der Waals surface area contributed by atoms with Gasteiger partial charge in [-0.15, -0.1) is 11.3 Å². The molecule has 2 aromatic carbocycles. The lowest BCUT2D eigenvalue weighted by Gasteiger charge is -2.11. The molecule has 0 atom stereocenters. The van der Waals surface area contributed by atoms with Crippen molar-refractivity contribution in [3.63, 3.8) is 0 Å². The van der Waals surface area contributed by atoms with Gasteiger partial charge in [-0.25, -0.2) is 4.79 Å². The average Bonchev–Trinajstić information content (AvgIpc) is 3.55. The van der Waals surface area contributed by atoms with Crippen LogP contribution in [0.1, 0.15) is 18.4 Å². The Morgan fingerprint density at radius 1 is 1.00 bits per heavy atom. The van der Waals surface area contributed by atoms with Crippen LogP contribution in [0.2, 0.25) is 0 Å². The molecular weight excluding hydrogens is 468 g/mol. The van der Waals surface area contributed by atoms with Crippen LogP contribution >= 0.6 is 11.3 Å². The van der Waals surface area contributed by atoms with Gasteiger partial charge in [0.15, 0.2) is 0 Å². The topological polar surface area (TPSA) is 101 Å². The van der Waals surface area contributed by atoms with Crippen molar-refractivity contribution in [1.82, 2.24) is 19.3 Å². The summed E-state index contributed by atoms with van der Waals surface area (Å²) in [5.41, 5.74) is 1.26. The van der Waals surface area contributed by atoms with Crippen LogP contribution in [0.4, 0.5) is 0 Å². The molecule has 0 spiro atoms. The van der Waals surface area contributed by atoms with E-state index in [0.717, 1.165) is 11.1 Å². The molecule has 0 unspecified atom stereocenters. The van der Waals surface area contributed by atoms with Gasteiger partial charge in [-0.05, 0) is 48.2 Å².